The molecular weight excluding hydrogens is 174 g/mol. The van der Waals surface area contributed by atoms with Crippen LogP contribution in [-0.2, 0) is 0 Å². The highest BCUT2D eigenvalue weighted by atomic mass is 35.5. The summed E-state index contributed by atoms with van der Waals surface area (Å²) in [5.41, 5.74) is 7.39. The Morgan fingerprint density at radius 1 is 1.58 bits per heavy atom. The molecule has 0 aromatic carbocycles. The van der Waals surface area contributed by atoms with Gasteiger partial charge in [0.15, 0.2) is 0 Å². The van der Waals surface area contributed by atoms with Crippen LogP contribution in [0.1, 0.15) is 24.4 Å². The van der Waals surface area contributed by atoms with Gasteiger partial charge in [-0.05, 0) is 20.8 Å². The Morgan fingerprint density at radius 2 is 2.17 bits per heavy atom. The van der Waals surface area contributed by atoms with Gasteiger partial charge in [-0.25, -0.2) is 0 Å². The zero-order chi connectivity index (χ0) is 9.30. The van der Waals surface area contributed by atoms with Crippen LogP contribution >= 0.6 is 11.6 Å². The van der Waals surface area contributed by atoms with Crippen LogP contribution in [0.5, 0.6) is 0 Å². The third kappa shape index (κ3) is 1.47. The van der Waals surface area contributed by atoms with E-state index in [1.165, 1.54) is 0 Å². The highest BCUT2D eigenvalue weighted by Gasteiger charge is 2.12. The molecule has 1 heterocycles. The zero-order valence-corrected chi connectivity index (χ0v) is 8.39. The van der Waals surface area contributed by atoms with Crippen LogP contribution in [0.15, 0.2) is 0 Å². The van der Waals surface area contributed by atoms with E-state index >= 15 is 0 Å². The molecule has 1 rings (SSSR count). The molecule has 3 nitrogen and oxygen atoms in total. The molecule has 0 saturated heterocycles. The van der Waals surface area contributed by atoms with E-state index < -0.39 is 0 Å². The van der Waals surface area contributed by atoms with Crippen LogP contribution in [0.25, 0.3) is 0 Å². The van der Waals surface area contributed by atoms with Gasteiger partial charge in [0, 0.05) is 6.54 Å². The average molecular weight is 188 g/mol. The van der Waals surface area contributed by atoms with Crippen LogP contribution in [0.3, 0.4) is 0 Å². The molecule has 68 valence electrons. The van der Waals surface area contributed by atoms with Gasteiger partial charge in [-0.1, -0.05) is 11.6 Å². The molecule has 0 aliphatic heterocycles. The standard InChI is InChI=1S/C8H14ClN3/c1-5(4-10)12-7(3)8(9)6(2)11-12/h5H,4,10H2,1-3H3. The van der Waals surface area contributed by atoms with Crippen molar-refractivity contribution in [3.8, 4) is 0 Å². The first-order chi connectivity index (χ1) is 5.57. The first kappa shape index (κ1) is 9.55. The number of nitrogens with zero attached hydrogens (tertiary/aromatic N) is 2. The molecule has 0 amide bonds. The molecule has 0 fully saturated rings. The van der Waals surface area contributed by atoms with Gasteiger partial charge >= 0.3 is 0 Å². The fraction of sp³-hybridized carbons (Fsp3) is 0.625. The SMILES string of the molecule is Cc1nn(C(C)CN)c(C)c1Cl. The largest absolute Gasteiger partial charge is 0.328 e. The van der Waals surface area contributed by atoms with E-state index in [2.05, 4.69) is 5.10 Å². The Hall–Kier alpha value is -0.540. The van der Waals surface area contributed by atoms with Crippen molar-refractivity contribution in [1.82, 2.24) is 9.78 Å². The van der Waals surface area contributed by atoms with Crippen molar-refractivity contribution < 1.29 is 0 Å². The summed E-state index contributed by atoms with van der Waals surface area (Å²) in [6.45, 7) is 6.46. The van der Waals surface area contributed by atoms with Crippen molar-refractivity contribution in [2.24, 2.45) is 5.73 Å². The molecule has 1 unspecified atom stereocenters. The van der Waals surface area contributed by atoms with Gasteiger partial charge < -0.3 is 5.73 Å². The maximum atomic E-state index is 5.98. The summed E-state index contributed by atoms with van der Waals surface area (Å²) in [6.07, 6.45) is 0. The van der Waals surface area contributed by atoms with Gasteiger partial charge in [0.1, 0.15) is 0 Å². The molecule has 4 heteroatoms. The quantitative estimate of drug-likeness (QED) is 0.766. The van der Waals surface area contributed by atoms with E-state index in [0.717, 1.165) is 16.4 Å². The van der Waals surface area contributed by atoms with E-state index in [0.29, 0.717) is 6.54 Å². The molecule has 12 heavy (non-hydrogen) atoms. The van der Waals surface area contributed by atoms with Crippen LogP contribution < -0.4 is 5.73 Å². The first-order valence-corrected chi connectivity index (χ1v) is 4.37. The van der Waals surface area contributed by atoms with Gasteiger partial charge in [-0.15, -0.1) is 0 Å². The van der Waals surface area contributed by atoms with Crippen molar-refractivity contribution in [3.63, 3.8) is 0 Å². The number of hydrogen-bond acceptors (Lipinski definition) is 2. The van der Waals surface area contributed by atoms with Crippen molar-refractivity contribution in [2.75, 3.05) is 6.54 Å². The normalized spacial score (nSPS) is 13.4. The summed E-state index contributed by atoms with van der Waals surface area (Å²) < 4.78 is 1.87. The summed E-state index contributed by atoms with van der Waals surface area (Å²) in [5, 5.41) is 5.03. The fourth-order valence-corrected chi connectivity index (χ4v) is 1.30. The van der Waals surface area contributed by atoms with Crippen LogP contribution in [0, 0.1) is 13.8 Å². The van der Waals surface area contributed by atoms with Gasteiger partial charge in [0.25, 0.3) is 0 Å². The summed E-state index contributed by atoms with van der Waals surface area (Å²) in [7, 11) is 0. The van der Waals surface area contributed by atoms with Crippen LogP contribution in [-0.4, -0.2) is 16.3 Å². The summed E-state index contributed by atoms with van der Waals surface area (Å²) >= 11 is 5.98. The Bertz CT molecular complexity index is 280. The first-order valence-electron chi connectivity index (χ1n) is 3.99. The lowest BCUT2D eigenvalue weighted by Gasteiger charge is -2.10. The van der Waals surface area contributed by atoms with E-state index in [-0.39, 0.29) is 6.04 Å². The van der Waals surface area contributed by atoms with E-state index in [9.17, 15) is 0 Å². The molecule has 1 atom stereocenters. The smallest absolute Gasteiger partial charge is 0.0844 e. The molecule has 0 bridgehead atoms. The maximum absolute atomic E-state index is 5.98. The highest BCUT2D eigenvalue weighted by Crippen LogP contribution is 2.21. The predicted molar refractivity (Wildman–Crippen MR) is 50.5 cm³/mol. The maximum Gasteiger partial charge on any atom is 0.0844 e. The Labute approximate surface area is 77.5 Å². The highest BCUT2D eigenvalue weighted by molar-refractivity contribution is 6.31. The minimum absolute atomic E-state index is 0.219. The number of halogens is 1. The lowest BCUT2D eigenvalue weighted by molar-refractivity contribution is 0.487. The third-order valence-corrected chi connectivity index (χ3v) is 2.54. The molecule has 0 radical (unpaired) electrons. The van der Waals surface area contributed by atoms with Crippen molar-refractivity contribution in [3.05, 3.63) is 16.4 Å². The summed E-state index contributed by atoms with van der Waals surface area (Å²) in [4.78, 5) is 0. The molecule has 0 spiro atoms. The van der Waals surface area contributed by atoms with Crippen molar-refractivity contribution >= 4 is 11.6 Å². The minimum atomic E-state index is 0.219. The second-order valence-corrected chi connectivity index (χ2v) is 3.39. The van der Waals surface area contributed by atoms with Gasteiger partial charge in [-0.3, -0.25) is 4.68 Å². The van der Waals surface area contributed by atoms with Gasteiger partial charge in [0.2, 0.25) is 0 Å². The van der Waals surface area contributed by atoms with E-state index in [4.69, 9.17) is 17.3 Å². The second-order valence-electron chi connectivity index (χ2n) is 3.01. The summed E-state index contributed by atoms with van der Waals surface area (Å²) in [6, 6.07) is 0.219. The Morgan fingerprint density at radius 3 is 2.50 bits per heavy atom. The number of hydrogen-bond donors (Lipinski definition) is 1. The number of aryl methyl sites for hydroxylation is 1. The lowest BCUT2D eigenvalue weighted by atomic mass is 10.3. The fourth-order valence-electron chi connectivity index (χ4n) is 1.17. The average Bonchev–Trinajstić information content (AvgIpc) is 2.32. The van der Waals surface area contributed by atoms with E-state index in [1.807, 2.05) is 25.5 Å². The molecule has 0 saturated carbocycles. The molecule has 1 aromatic rings. The Balaban J connectivity index is 3.08. The van der Waals surface area contributed by atoms with Crippen molar-refractivity contribution in [2.45, 2.75) is 26.8 Å². The topological polar surface area (TPSA) is 43.8 Å². The number of aromatic nitrogens is 2. The lowest BCUT2D eigenvalue weighted by Crippen LogP contribution is -2.18. The monoisotopic (exact) mass is 187 g/mol. The van der Waals surface area contributed by atoms with Crippen LogP contribution in [0.2, 0.25) is 5.02 Å². The molecule has 2 N–H and O–H groups in total. The summed E-state index contributed by atoms with van der Waals surface area (Å²) in [5.74, 6) is 0. The third-order valence-electron chi connectivity index (χ3n) is 2.00. The molecule has 0 aliphatic carbocycles. The van der Waals surface area contributed by atoms with Gasteiger partial charge in [-0.2, -0.15) is 5.10 Å². The van der Waals surface area contributed by atoms with Crippen molar-refractivity contribution in [1.29, 1.82) is 0 Å². The van der Waals surface area contributed by atoms with Crippen LogP contribution in [0.4, 0.5) is 0 Å². The second kappa shape index (κ2) is 3.46. The molecular formula is C8H14ClN3. The zero-order valence-electron chi connectivity index (χ0n) is 7.63. The molecule has 0 aliphatic rings. The number of rotatable bonds is 2. The molecule has 1 aromatic heterocycles. The van der Waals surface area contributed by atoms with Gasteiger partial charge in [0.05, 0.1) is 22.5 Å². The number of nitrogens with two attached hydrogens (primary N) is 1. The Kier molecular flexibility index (Phi) is 2.75. The predicted octanol–water partition coefficient (Wildman–Crippen LogP) is 1.67. The minimum Gasteiger partial charge on any atom is -0.328 e. The van der Waals surface area contributed by atoms with E-state index in [1.54, 1.807) is 0 Å².